The number of nitrogens with one attached hydrogen (secondary N) is 2. The minimum atomic E-state index is -1.14. The Labute approximate surface area is 121 Å². The van der Waals surface area contributed by atoms with Crippen LogP contribution in [0.25, 0.3) is 0 Å². The molecule has 0 saturated heterocycles. The highest BCUT2D eigenvalue weighted by Crippen LogP contribution is 2.03. The van der Waals surface area contributed by atoms with Gasteiger partial charge in [0.25, 0.3) is 5.91 Å². The van der Waals surface area contributed by atoms with Gasteiger partial charge in [0.1, 0.15) is 11.9 Å². The number of aliphatic carboxylic acids is 1. The van der Waals surface area contributed by atoms with Crippen molar-refractivity contribution < 1.29 is 23.9 Å². The summed E-state index contributed by atoms with van der Waals surface area (Å²) >= 11 is 0. The van der Waals surface area contributed by atoms with Gasteiger partial charge < -0.3 is 15.7 Å². The molecule has 1 aromatic rings. The second-order valence-corrected chi connectivity index (χ2v) is 4.82. The van der Waals surface area contributed by atoms with Crippen molar-refractivity contribution >= 4 is 17.8 Å². The quantitative estimate of drug-likeness (QED) is 0.723. The number of rotatable bonds is 6. The van der Waals surface area contributed by atoms with Crippen LogP contribution < -0.4 is 10.6 Å². The van der Waals surface area contributed by atoms with Gasteiger partial charge in [0, 0.05) is 5.56 Å². The number of amides is 2. The molecule has 0 saturated carbocycles. The van der Waals surface area contributed by atoms with Crippen LogP contribution in [-0.2, 0) is 9.59 Å². The first-order valence-corrected chi connectivity index (χ1v) is 6.37. The van der Waals surface area contributed by atoms with Crippen molar-refractivity contribution in [1.82, 2.24) is 10.6 Å². The van der Waals surface area contributed by atoms with E-state index in [4.69, 9.17) is 5.11 Å². The maximum atomic E-state index is 13.0. The molecule has 6 nitrogen and oxygen atoms in total. The van der Waals surface area contributed by atoms with Gasteiger partial charge in [0.2, 0.25) is 5.91 Å². The van der Waals surface area contributed by atoms with E-state index >= 15 is 0 Å². The molecule has 0 aliphatic carbocycles. The van der Waals surface area contributed by atoms with Gasteiger partial charge >= 0.3 is 5.97 Å². The van der Waals surface area contributed by atoms with E-state index in [0.29, 0.717) is 0 Å². The standard InChI is InChI=1S/C14H17FN2O4/c1-8(2)12(14(20)21)17-11(18)7-16-13(19)9-4-3-5-10(15)6-9/h3-6,8,12H,7H2,1-2H3,(H,16,19)(H,17,18)(H,20,21). The summed E-state index contributed by atoms with van der Waals surface area (Å²) in [5.41, 5.74) is 0.0847. The summed E-state index contributed by atoms with van der Waals surface area (Å²) in [5, 5.41) is 13.5. The summed E-state index contributed by atoms with van der Waals surface area (Å²) < 4.78 is 13.0. The molecule has 0 aliphatic rings. The zero-order valence-corrected chi connectivity index (χ0v) is 11.7. The van der Waals surface area contributed by atoms with Crippen molar-refractivity contribution in [2.24, 2.45) is 5.92 Å². The fourth-order valence-corrected chi connectivity index (χ4v) is 1.63. The van der Waals surface area contributed by atoms with E-state index in [2.05, 4.69) is 10.6 Å². The van der Waals surface area contributed by atoms with E-state index in [-0.39, 0.29) is 18.0 Å². The first-order valence-electron chi connectivity index (χ1n) is 6.37. The monoisotopic (exact) mass is 296 g/mol. The van der Waals surface area contributed by atoms with Crippen LogP contribution in [0.4, 0.5) is 4.39 Å². The SMILES string of the molecule is CC(C)C(NC(=O)CNC(=O)c1cccc(F)c1)C(=O)O. The number of benzene rings is 1. The van der Waals surface area contributed by atoms with Crippen LogP contribution in [-0.4, -0.2) is 35.5 Å². The second-order valence-electron chi connectivity index (χ2n) is 4.82. The lowest BCUT2D eigenvalue weighted by molar-refractivity contribution is -0.142. The summed E-state index contributed by atoms with van der Waals surface area (Å²) in [6.45, 7) is 2.93. The molecule has 1 unspecified atom stereocenters. The van der Waals surface area contributed by atoms with Crippen LogP contribution in [0.2, 0.25) is 0 Å². The highest BCUT2D eigenvalue weighted by molar-refractivity contribution is 5.96. The average Bonchev–Trinajstić information content (AvgIpc) is 2.41. The Kier molecular flexibility index (Phi) is 5.83. The van der Waals surface area contributed by atoms with Crippen LogP contribution in [0.15, 0.2) is 24.3 Å². The van der Waals surface area contributed by atoms with E-state index < -0.39 is 29.6 Å². The number of halogens is 1. The number of carboxylic acid groups (broad SMARTS) is 1. The molecule has 1 rings (SSSR count). The van der Waals surface area contributed by atoms with Crippen LogP contribution in [0.3, 0.4) is 0 Å². The van der Waals surface area contributed by atoms with E-state index in [0.717, 1.165) is 6.07 Å². The summed E-state index contributed by atoms with van der Waals surface area (Å²) in [6.07, 6.45) is 0. The summed E-state index contributed by atoms with van der Waals surface area (Å²) in [7, 11) is 0. The third-order valence-electron chi connectivity index (χ3n) is 2.75. The largest absolute Gasteiger partial charge is 0.480 e. The first-order chi connectivity index (χ1) is 9.81. The highest BCUT2D eigenvalue weighted by Gasteiger charge is 2.23. The molecule has 0 bridgehead atoms. The van der Waals surface area contributed by atoms with Crippen molar-refractivity contribution in [3.8, 4) is 0 Å². The van der Waals surface area contributed by atoms with Gasteiger partial charge in [-0.25, -0.2) is 9.18 Å². The Bertz CT molecular complexity index is 546. The maximum absolute atomic E-state index is 13.0. The Hall–Kier alpha value is -2.44. The predicted octanol–water partition coefficient (Wildman–Crippen LogP) is 0.781. The smallest absolute Gasteiger partial charge is 0.326 e. The molecule has 21 heavy (non-hydrogen) atoms. The number of hydrogen-bond donors (Lipinski definition) is 3. The fourth-order valence-electron chi connectivity index (χ4n) is 1.63. The van der Waals surface area contributed by atoms with Crippen molar-refractivity contribution in [2.75, 3.05) is 6.54 Å². The molecule has 2 amide bonds. The lowest BCUT2D eigenvalue weighted by Crippen LogP contribution is -2.48. The van der Waals surface area contributed by atoms with Gasteiger partial charge in [-0.1, -0.05) is 19.9 Å². The fraction of sp³-hybridized carbons (Fsp3) is 0.357. The normalized spacial score (nSPS) is 11.8. The zero-order chi connectivity index (χ0) is 16.0. The zero-order valence-electron chi connectivity index (χ0n) is 11.7. The summed E-state index contributed by atoms with van der Waals surface area (Å²) in [4.78, 5) is 34.2. The van der Waals surface area contributed by atoms with Crippen LogP contribution in [0, 0.1) is 11.7 Å². The van der Waals surface area contributed by atoms with Gasteiger partial charge in [-0.05, 0) is 24.1 Å². The number of carbonyl (C=O) groups excluding carboxylic acids is 2. The van der Waals surface area contributed by atoms with Crippen molar-refractivity contribution in [3.05, 3.63) is 35.6 Å². The molecule has 0 aromatic heterocycles. The van der Waals surface area contributed by atoms with Gasteiger partial charge in [0.15, 0.2) is 0 Å². The van der Waals surface area contributed by atoms with Crippen molar-refractivity contribution in [3.63, 3.8) is 0 Å². The van der Waals surface area contributed by atoms with Crippen molar-refractivity contribution in [1.29, 1.82) is 0 Å². The lowest BCUT2D eigenvalue weighted by Gasteiger charge is -2.17. The Morgan fingerprint density at radius 2 is 1.95 bits per heavy atom. The third kappa shape index (κ3) is 5.21. The van der Waals surface area contributed by atoms with Crippen LogP contribution in [0.1, 0.15) is 24.2 Å². The molecule has 0 aliphatic heterocycles. The molecule has 0 radical (unpaired) electrons. The van der Waals surface area contributed by atoms with Crippen molar-refractivity contribution in [2.45, 2.75) is 19.9 Å². The number of carboxylic acids is 1. The molecule has 0 fully saturated rings. The lowest BCUT2D eigenvalue weighted by atomic mass is 10.1. The molecule has 7 heteroatoms. The van der Waals surface area contributed by atoms with Crippen LogP contribution in [0.5, 0.6) is 0 Å². The third-order valence-corrected chi connectivity index (χ3v) is 2.75. The minimum Gasteiger partial charge on any atom is -0.480 e. The van der Waals surface area contributed by atoms with E-state index in [1.165, 1.54) is 18.2 Å². The minimum absolute atomic E-state index is 0.0847. The molecular weight excluding hydrogens is 279 g/mol. The summed E-state index contributed by atoms with van der Waals surface area (Å²) in [6, 6.07) is 4.00. The topological polar surface area (TPSA) is 95.5 Å². The number of carbonyl (C=O) groups is 3. The maximum Gasteiger partial charge on any atom is 0.326 e. The molecular formula is C14H17FN2O4. The number of hydrogen-bond acceptors (Lipinski definition) is 3. The molecule has 3 N–H and O–H groups in total. The molecule has 0 spiro atoms. The molecule has 1 atom stereocenters. The molecule has 114 valence electrons. The van der Waals surface area contributed by atoms with Gasteiger partial charge in [-0.3, -0.25) is 9.59 Å². The Balaban J connectivity index is 2.53. The van der Waals surface area contributed by atoms with Gasteiger partial charge in [0.05, 0.1) is 6.54 Å². The van der Waals surface area contributed by atoms with Gasteiger partial charge in [-0.15, -0.1) is 0 Å². The highest BCUT2D eigenvalue weighted by atomic mass is 19.1. The first kappa shape index (κ1) is 16.6. The molecule has 0 heterocycles. The molecule has 1 aromatic carbocycles. The van der Waals surface area contributed by atoms with E-state index in [1.807, 2.05) is 0 Å². The average molecular weight is 296 g/mol. The summed E-state index contributed by atoms with van der Waals surface area (Å²) in [5.74, 6) is -3.22. The predicted molar refractivity (Wildman–Crippen MR) is 73.1 cm³/mol. The van der Waals surface area contributed by atoms with E-state index in [9.17, 15) is 18.8 Å². The van der Waals surface area contributed by atoms with Gasteiger partial charge in [-0.2, -0.15) is 0 Å². The van der Waals surface area contributed by atoms with E-state index in [1.54, 1.807) is 13.8 Å². The second kappa shape index (κ2) is 7.37. The Morgan fingerprint density at radius 3 is 2.48 bits per heavy atom. The van der Waals surface area contributed by atoms with Crippen LogP contribution >= 0.6 is 0 Å². The Morgan fingerprint density at radius 1 is 1.29 bits per heavy atom.